The summed E-state index contributed by atoms with van der Waals surface area (Å²) in [5.74, 6) is -0.206. The maximum absolute atomic E-state index is 11.5. The molecule has 0 spiro atoms. The van der Waals surface area contributed by atoms with E-state index in [1.54, 1.807) is 0 Å². The van der Waals surface area contributed by atoms with E-state index in [4.69, 9.17) is 16.3 Å². The van der Waals surface area contributed by atoms with Crippen LogP contribution in [0.25, 0.3) is 0 Å². The summed E-state index contributed by atoms with van der Waals surface area (Å²) < 4.78 is 4.84. The van der Waals surface area contributed by atoms with Gasteiger partial charge in [-0.2, -0.15) is 0 Å². The number of methoxy groups -OCH3 is 1. The second-order valence-electron chi connectivity index (χ2n) is 2.82. The monoisotopic (exact) mass is 307 g/mol. The van der Waals surface area contributed by atoms with Crippen LogP contribution >= 0.6 is 27.5 Å². The van der Waals surface area contributed by atoms with Crippen LogP contribution in [0.4, 0.5) is 5.69 Å². The van der Waals surface area contributed by atoms with Crippen molar-refractivity contribution in [1.29, 1.82) is 0 Å². The molecule has 1 aromatic carbocycles. The van der Waals surface area contributed by atoms with E-state index in [0.29, 0.717) is 0 Å². The third kappa shape index (κ3) is 2.51. The van der Waals surface area contributed by atoms with Crippen molar-refractivity contribution in [3.05, 3.63) is 32.8 Å². The average molecular weight is 309 g/mol. The van der Waals surface area contributed by atoms with E-state index < -0.39 is 10.7 Å². The molecular weight excluding hydrogens is 301 g/mol. The maximum atomic E-state index is 11.5. The first kappa shape index (κ1) is 12.9. The molecule has 0 aliphatic rings. The molecule has 0 atom stereocenters. The van der Waals surface area contributed by atoms with Gasteiger partial charge in [0.05, 0.1) is 28.5 Å². The van der Waals surface area contributed by atoms with Gasteiger partial charge in [0.15, 0.2) is 5.78 Å². The fourth-order valence-electron chi connectivity index (χ4n) is 1.17. The van der Waals surface area contributed by atoms with Crippen molar-refractivity contribution in [3.63, 3.8) is 0 Å². The Morgan fingerprint density at radius 3 is 2.69 bits per heavy atom. The van der Waals surface area contributed by atoms with Crippen molar-refractivity contribution >= 4 is 39.0 Å². The van der Waals surface area contributed by atoms with Crippen LogP contribution in [-0.4, -0.2) is 23.1 Å². The summed E-state index contributed by atoms with van der Waals surface area (Å²) in [5.41, 5.74) is -0.460. The van der Waals surface area contributed by atoms with Crippen molar-refractivity contribution in [3.8, 4) is 5.75 Å². The molecule has 0 bridgehead atoms. The molecule has 7 heteroatoms. The number of ether oxygens (including phenoxy) is 1. The van der Waals surface area contributed by atoms with Gasteiger partial charge in [-0.15, -0.1) is 0 Å². The van der Waals surface area contributed by atoms with E-state index in [9.17, 15) is 14.9 Å². The molecule has 0 N–H and O–H groups in total. The Kier molecular flexibility index (Phi) is 4.26. The molecule has 0 amide bonds. The van der Waals surface area contributed by atoms with Crippen molar-refractivity contribution in [2.24, 2.45) is 0 Å². The van der Waals surface area contributed by atoms with Gasteiger partial charge >= 0.3 is 0 Å². The van der Waals surface area contributed by atoms with Crippen LogP contribution in [0.3, 0.4) is 0 Å². The van der Waals surface area contributed by atoms with Gasteiger partial charge in [0.2, 0.25) is 0 Å². The van der Waals surface area contributed by atoms with Gasteiger partial charge in [0.25, 0.3) is 5.69 Å². The molecule has 0 saturated carbocycles. The first-order valence-corrected chi connectivity index (χ1v) is 5.62. The largest absolute Gasteiger partial charge is 0.496 e. The number of alkyl halides is 1. The summed E-state index contributed by atoms with van der Waals surface area (Å²) in [4.78, 5) is 21.6. The summed E-state index contributed by atoms with van der Waals surface area (Å²) in [5, 5.41) is 10.8. The highest BCUT2D eigenvalue weighted by Gasteiger charge is 2.24. The molecule has 0 unspecified atom stereocenters. The molecular formula is C9H7BrClNO4. The highest BCUT2D eigenvalue weighted by molar-refractivity contribution is 9.09. The molecule has 0 fully saturated rings. The van der Waals surface area contributed by atoms with Crippen molar-refractivity contribution in [1.82, 2.24) is 0 Å². The molecule has 1 rings (SSSR count). The molecule has 0 radical (unpaired) electrons. The Morgan fingerprint density at radius 2 is 2.25 bits per heavy atom. The van der Waals surface area contributed by atoms with Gasteiger partial charge in [-0.05, 0) is 6.07 Å². The number of hydrogen-bond donors (Lipinski definition) is 0. The molecule has 5 nitrogen and oxygen atoms in total. The van der Waals surface area contributed by atoms with E-state index in [-0.39, 0.29) is 27.4 Å². The van der Waals surface area contributed by atoms with Gasteiger partial charge in [-0.1, -0.05) is 27.5 Å². The molecule has 0 aromatic heterocycles. The van der Waals surface area contributed by atoms with Crippen molar-refractivity contribution in [2.75, 3.05) is 12.4 Å². The summed E-state index contributed by atoms with van der Waals surface area (Å²) in [6, 6.07) is 2.53. The Morgan fingerprint density at radius 1 is 1.62 bits per heavy atom. The van der Waals surface area contributed by atoms with Gasteiger partial charge in [0, 0.05) is 0 Å². The number of rotatable bonds is 4. The first-order valence-electron chi connectivity index (χ1n) is 4.12. The fraction of sp³-hybridized carbons (Fsp3) is 0.222. The fourth-order valence-corrected chi connectivity index (χ4v) is 1.76. The topological polar surface area (TPSA) is 69.4 Å². The minimum absolute atomic E-state index is 0.00972. The van der Waals surface area contributed by atoms with E-state index >= 15 is 0 Å². The van der Waals surface area contributed by atoms with Crippen LogP contribution in [-0.2, 0) is 0 Å². The van der Waals surface area contributed by atoms with Gasteiger partial charge < -0.3 is 4.74 Å². The zero-order chi connectivity index (χ0) is 12.3. The summed E-state index contributed by atoms with van der Waals surface area (Å²) >= 11 is 8.75. The van der Waals surface area contributed by atoms with Crippen LogP contribution in [0.5, 0.6) is 5.75 Å². The Balaban J connectivity index is 3.45. The molecule has 86 valence electrons. The number of benzene rings is 1. The number of hydrogen-bond acceptors (Lipinski definition) is 4. The SMILES string of the molecule is COc1cc(Cl)c(C(=O)CBr)c([N+](=O)[O-])c1. The molecule has 0 aliphatic carbocycles. The zero-order valence-electron chi connectivity index (χ0n) is 8.20. The van der Waals surface area contributed by atoms with Crippen LogP contribution in [0.2, 0.25) is 5.02 Å². The first-order chi connectivity index (χ1) is 7.51. The average Bonchev–Trinajstić information content (AvgIpc) is 2.26. The molecule has 1 aromatic rings. The Hall–Kier alpha value is -1.14. The van der Waals surface area contributed by atoms with Crippen molar-refractivity contribution < 1.29 is 14.5 Å². The van der Waals surface area contributed by atoms with Crippen LogP contribution in [0, 0.1) is 10.1 Å². The van der Waals surface area contributed by atoms with Gasteiger partial charge in [0.1, 0.15) is 11.3 Å². The lowest BCUT2D eigenvalue weighted by Crippen LogP contribution is -2.06. The lowest BCUT2D eigenvalue weighted by atomic mass is 10.1. The summed E-state index contributed by atoms with van der Waals surface area (Å²) in [6.07, 6.45) is 0. The van der Waals surface area contributed by atoms with Gasteiger partial charge in [-0.3, -0.25) is 14.9 Å². The minimum atomic E-state index is -0.662. The number of nitro benzene ring substituents is 1. The Bertz CT molecular complexity index is 449. The smallest absolute Gasteiger partial charge is 0.285 e. The van der Waals surface area contributed by atoms with Crippen LogP contribution < -0.4 is 4.74 Å². The summed E-state index contributed by atoms with van der Waals surface area (Å²) in [7, 11) is 1.36. The lowest BCUT2D eigenvalue weighted by molar-refractivity contribution is -0.385. The number of halogens is 2. The third-order valence-electron chi connectivity index (χ3n) is 1.88. The number of nitro groups is 1. The van der Waals surface area contributed by atoms with Crippen LogP contribution in [0.15, 0.2) is 12.1 Å². The molecule has 0 aliphatic heterocycles. The Labute approximate surface area is 105 Å². The number of ketones is 1. The third-order valence-corrected chi connectivity index (χ3v) is 2.68. The van der Waals surface area contributed by atoms with E-state index in [2.05, 4.69) is 15.9 Å². The van der Waals surface area contributed by atoms with Crippen LogP contribution in [0.1, 0.15) is 10.4 Å². The standard InChI is InChI=1S/C9H7BrClNO4/c1-16-5-2-6(11)9(8(13)4-10)7(3-5)12(14)15/h2-3H,4H2,1H3. The predicted molar refractivity (Wildman–Crippen MR) is 62.8 cm³/mol. The predicted octanol–water partition coefficient (Wildman–Crippen LogP) is 2.83. The highest BCUT2D eigenvalue weighted by atomic mass is 79.9. The normalized spacial score (nSPS) is 9.94. The number of carbonyl (C=O) groups excluding carboxylic acids is 1. The van der Waals surface area contributed by atoms with E-state index in [1.807, 2.05) is 0 Å². The number of carbonyl (C=O) groups is 1. The van der Waals surface area contributed by atoms with Gasteiger partial charge in [-0.25, -0.2) is 0 Å². The second kappa shape index (κ2) is 5.27. The molecule has 0 saturated heterocycles. The number of nitrogens with zero attached hydrogens (tertiary/aromatic N) is 1. The lowest BCUT2D eigenvalue weighted by Gasteiger charge is -2.05. The zero-order valence-corrected chi connectivity index (χ0v) is 10.5. The number of Topliss-reactive ketones (excluding diaryl/α,β-unsaturated/α-hetero) is 1. The van der Waals surface area contributed by atoms with E-state index in [0.717, 1.165) is 0 Å². The molecule has 0 heterocycles. The summed E-state index contributed by atoms with van der Waals surface area (Å²) in [6.45, 7) is 0. The highest BCUT2D eigenvalue weighted by Crippen LogP contribution is 2.32. The second-order valence-corrected chi connectivity index (χ2v) is 3.79. The minimum Gasteiger partial charge on any atom is -0.496 e. The quantitative estimate of drug-likeness (QED) is 0.371. The van der Waals surface area contributed by atoms with E-state index in [1.165, 1.54) is 19.2 Å². The maximum Gasteiger partial charge on any atom is 0.285 e. The molecule has 16 heavy (non-hydrogen) atoms. The van der Waals surface area contributed by atoms with Crippen molar-refractivity contribution in [2.45, 2.75) is 0 Å².